The molecule has 4 heteroatoms. The Bertz CT molecular complexity index is 448. The highest BCUT2D eigenvalue weighted by atomic mass is 127. The molecule has 0 spiro atoms. The van der Waals surface area contributed by atoms with Gasteiger partial charge in [0.05, 0.1) is 15.0 Å². The topological polar surface area (TPSA) is 43.8 Å². The molecule has 2 aromatic rings. The van der Waals surface area contributed by atoms with Crippen molar-refractivity contribution in [2.45, 2.75) is 6.92 Å². The van der Waals surface area contributed by atoms with Crippen molar-refractivity contribution >= 4 is 28.4 Å². The van der Waals surface area contributed by atoms with E-state index in [1.165, 1.54) is 0 Å². The van der Waals surface area contributed by atoms with E-state index in [1.54, 1.807) is 4.68 Å². The fourth-order valence-corrected chi connectivity index (χ4v) is 1.63. The van der Waals surface area contributed by atoms with Crippen molar-refractivity contribution in [3.05, 3.63) is 39.6 Å². The second-order valence-corrected chi connectivity index (χ2v) is 4.11. The van der Waals surface area contributed by atoms with Crippen LogP contribution in [0.3, 0.4) is 0 Å². The third-order valence-corrected chi connectivity index (χ3v) is 3.35. The number of anilines is 1. The van der Waals surface area contributed by atoms with Crippen molar-refractivity contribution in [3.8, 4) is 5.69 Å². The van der Waals surface area contributed by atoms with Gasteiger partial charge in [0.15, 0.2) is 0 Å². The van der Waals surface area contributed by atoms with Crippen LogP contribution in [0.4, 0.5) is 5.82 Å². The van der Waals surface area contributed by atoms with Crippen molar-refractivity contribution in [2.75, 3.05) is 5.73 Å². The van der Waals surface area contributed by atoms with Gasteiger partial charge in [0.1, 0.15) is 5.82 Å². The quantitative estimate of drug-likeness (QED) is 0.822. The van der Waals surface area contributed by atoms with Gasteiger partial charge in [0.25, 0.3) is 0 Å². The van der Waals surface area contributed by atoms with Crippen LogP contribution in [0, 0.1) is 10.5 Å². The summed E-state index contributed by atoms with van der Waals surface area (Å²) in [5, 5.41) is 4.36. The molecule has 1 aromatic heterocycles. The van der Waals surface area contributed by atoms with E-state index in [0.29, 0.717) is 5.82 Å². The molecule has 2 N–H and O–H groups in total. The van der Waals surface area contributed by atoms with Crippen LogP contribution in [0.15, 0.2) is 30.3 Å². The molecule has 3 nitrogen and oxygen atoms in total. The van der Waals surface area contributed by atoms with Crippen LogP contribution < -0.4 is 5.73 Å². The van der Waals surface area contributed by atoms with Gasteiger partial charge in [-0.3, -0.25) is 0 Å². The maximum atomic E-state index is 5.93. The van der Waals surface area contributed by atoms with Gasteiger partial charge in [0, 0.05) is 0 Å². The average Bonchev–Trinajstić information content (AvgIpc) is 2.47. The van der Waals surface area contributed by atoms with Crippen molar-refractivity contribution < 1.29 is 0 Å². The summed E-state index contributed by atoms with van der Waals surface area (Å²) in [6.07, 6.45) is 0. The molecule has 0 atom stereocenters. The van der Waals surface area contributed by atoms with Gasteiger partial charge in [-0.15, -0.1) is 0 Å². The zero-order valence-electron chi connectivity index (χ0n) is 7.74. The smallest absolute Gasteiger partial charge is 0.140 e. The van der Waals surface area contributed by atoms with E-state index in [9.17, 15) is 0 Å². The molecule has 0 amide bonds. The SMILES string of the molecule is Cc1nn(-c2ccccc2)c(N)c1I. The number of halogens is 1. The maximum absolute atomic E-state index is 5.93. The molecule has 0 saturated carbocycles. The van der Waals surface area contributed by atoms with E-state index < -0.39 is 0 Å². The van der Waals surface area contributed by atoms with E-state index in [1.807, 2.05) is 37.3 Å². The lowest BCUT2D eigenvalue weighted by Crippen LogP contribution is -2.01. The predicted octanol–water partition coefficient (Wildman–Crippen LogP) is 2.37. The molecule has 0 unspecified atom stereocenters. The number of aryl methyl sites for hydroxylation is 1. The molecule has 0 bridgehead atoms. The first kappa shape index (κ1) is 9.51. The summed E-state index contributed by atoms with van der Waals surface area (Å²) in [7, 11) is 0. The molecule has 0 saturated heterocycles. The largest absolute Gasteiger partial charge is 0.383 e. The zero-order valence-corrected chi connectivity index (χ0v) is 9.89. The fourth-order valence-electron chi connectivity index (χ4n) is 1.29. The summed E-state index contributed by atoms with van der Waals surface area (Å²) in [6.45, 7) is 1.96. The van der Waals surface area contributed by atoms with Crippen molar-refractivity contribution in [1.82, 2.24) is 9.78 Å². The number of para-hydroxylation sites is 1. The lowest BCUT2D eigenvalue weighted by Gasteiger charge is -2.02. The van der Waals surface area contributed by atoms with E-state index in [0.717, 1.165) is 15.0 Å². The number of nitrogen functional groups attached to an aromatic ring is 1. The van der Waals surface area contributed by atoms with E-state index >= 15 is 0 Å². The molecule has 0 aliphatic rings. The molecule has 0 radical (unpaired) electrons. The van der Waals surface area contributed by atoms with Gasteiger partial charge in [-0.2, -0.15) is 5.10 Å². The summed E-state index contributed by atoms with van der Waals surface area (Å²) in [6, 6.07) is 9.88. The molecule has 0 aliphatic carbocycles. The summed E-state index contributed by atoms with van der Waals surface area (Å²) in [4.78, 5) is 0. The first-order valence-electron chi connectivity index (χ1n) is 4.26. The number of hydrogen-bond donors (Lipinski definition) is 1. The molecule has 1 heterocycles. The van der Waals surface area contributed by atoms with E-state index in [2.05, 4.69) is 27.7 Å². The minimum Gasteiger partial charge on any atom is -0.383 e. The minimum absolute atomic E-state index is 0.703. The van der Waals surface area contributed by atoms with Crippen LogP contribution in [0.25, 0.3) is 5.69 Å². The van der Waals surface area contributed by atoms with Gasteiger partial charge in [0.2, 0.25) is 0 Å². The van der Waals surface area contributed by atoms with Crippen LogP contribution in [-0.4, -0.2) is 9.78 Å². The first-order valence-corrected chi connectivity index (χ1v) is 5.34. The van der Waals surface area contributed by atoms with Gasteiger partial charge in [-0.05, 0) is 41.6 Å². The van der Waals surface area contributed by atoms with Crippen LogP contribution in [0.2, 0.25) is 0 Å². The Morgan fingerprint density at radius 2 is 1.93 bits per heavy atom. The molecule has 72 valence electrons. The molecule has 2 rings (SSSR count). The fraction of sp³-hybridized carbons (Fsp3) is 0.100. The van der Waals surface area contributed by atoms with Gasteiger partial charge >= 0.3 is 0 Å². The van der Waals surface area contributed by atoms with E-state index in [-0.39, 0.29) is 0 Å². The summed E-state index contributed by atoms with van der Waals surface area (Å²) in [5.41, 5.74) is 7.89. The Hall–Kier alpha value is -1.04. The first-order chi connectivity index (χ1) is 6.70. The van der Waals surface area contributed by atoms with Gasteiger partial charge in [-0.25, -0.2) is 4.68 Å². The average molecular weight is 299 g/mol. The molecule has 1 aromatic carbocycles. The predicted molar refractivity (Wildman–Crippen MR) is 65.4 cm³/mol. The van der Waals surface area contributed by atoms with Gasteiger partial charge in [-0.1, -0.05) is 18.2 Å². The number of nitrogens with two attached hydrogens (primary N) is 1. The number of hydrogen-bond acceptors (Lipinski definition) is 2. The molecule has 0 fully saturated rings. The summed E-state index contributed by atoms with van der Waals surface area (Å²) < 4.78 is 2.78. The molecular formula is C10H10IN3. The van der Waals surface area contributed by atoms with Crippen molar-refractivity contribution in [1.29, 1.82) is 0 Å². The van der Waals surface area contributed by atoms with Crippen LogP contribution in [0.5, 0.6) is 0 Å². The Labute approximate surface area is 96.1 Å². The third kappa shape index (κ3) is 1.50. The minimum atomic E-state index is 0.703. The number of nitrogens with zero attached hydrogens (tertiary/aromatic N) is 2. The van der Waals surface area contributed by atoms with Crippen molar-refractivity contribution in [3.63, 3.8) is 0 Å². The summed E-state index contributed by atoms with van der Waals surface area (Å²) >= 11 is 2.21. The van der Waals surface area contributed by atoms with Crippen LogP contribution >= 0.6 is 22.6 Å². The molecule has 0 aliphatic heterocycles. The highest BCUT2D eigenvalue weighted by Crippen LogP contribution is 2.21. The molecule has 14 heavy (non-hydrogen) atoms. The second-order valence-electron chi connectivity index (χ2n) is 3.03. The van der Waals surface area contributed by atoms with Gasteiger partial charge < -0.3 is 5.73 Å². The lowest BCUT2D eigenvalue weighted by molar-refractivity contribution is 0.872. The van der Waals surface area contributed by atoms with Crippen molar-refractivity contribution in [2.24, 2.45) is 0 Å². The van der Waals surface area contributed by atoms with E-state index in [4.69, 9.17) is 5.73 Å². The Morgan fingerprint density at radius 3 is 2.43 bits per heavy atom. The number of benzene rings is 1. The third-order valence-electron chi connectivity index (χ3n) is 2.02. The zero-order chi connectivity index (χ0) is 10.1. The number of aromatic nitrogens is 2. The van der Waals surface area contributed by atoms with Crippen LogP contribution in [-0.2, 0) is 0 Å². The monoisotopic (exact) mass is 299 g/mol. The number of rotatable bonds is 1. The van der Waals surface area contributed by atoms with Crippen LogP contribution in [0.1, 0.15) is 5.69 Å². The Morgan fingerprint density at radius 1 is 1.29 bits per heavy atom. The Balaban J connectivity index is 2.58. The lowest BCUT2D eigenvalue weighted by atomic mass is 10.3. The standard InChI is InChI=1S/C10H10IN3/c1-7-9(11)10(12)14(13-7)8-5-3-2-4-6-8/h2-6H,12H2,1H3. The Kier molecular flexibility index (Phi) is 2.45. The highest BCUT2D eigenvalue weighted by molar-refractivity contribution is 14.1. The normalized spacial score (nSPS) is 10.4. The second kappa shape index (κ2) is 3.61. The summed E-state index contributed by atoms with van der Waals surface area (Å²) in [5.74, 6) is 0.703. The maximum Gasteiger partial charge on any atom is 0.140 e. The molecular weight excluding hydrogens is 289 g/mol. The highest BCUT2D eigenvalue weighted by Gasteiger charge is 2.09.